The Labute approximate surface area is 107 Å². The van der Waals surface area contributed by atoms with Gasteiger partial charge in [0.1, 0.15) is 0 Å². The molecular formula is C13H19N3O2. The van der Waals surface area contributed by atoms with Crippen LogP contribution in [0.15, 0.2) is 24.5 Å². The second-order valence-electron chi connectivity index (χ2n) is 4.84. The summed E-state index contributed by atoms with van der Waals surface area (Å²) in [5.41, 5.74) is 1.26. The molecule has 0 amide bonds. The Kier molecular flexibility index (Phi) is 4.28. The Morgan fingerprint density at radius 2 is 2.28 bits per heavy atom. The van der Waals surface area contributed by atoms with E-state index in [2.05, 4.69) is 9.88 Å². The molecule has 0 radical (unpaired) electrons. The number of pyridine rings is 1. The van der Waals surface area contributed by atoms with Crippen molar-refractivity contribution in [3.05, 3.63) is 30.1 Å². The number of aromatic nitrogens is 1. The van der Waals surface area contributed by atoms with Crippen molar-refractivity contribution < 1.29 is 9.90 Å². The molecule has 0 bridgehead atoms. The van der Waals surface area contributed by atoms with Crippen LogP contribution in [0.25, 0.3) is 0 Å². The lowest BCUT2D eigenvalue weighted by atomic mass is 10.2. The van der Waals surface area contributed by atoms with E-state index < -0.39 is 5.97 Å². The quantitative estimate of drug-likeness (QED) is 0.831. The minimum absolute atomic E-state index is 0.119. The first kappa shape index (κ1) is 13.0. The zero-order chi connectivity index (χ0) is 13.0. The van der Waals surface area contributed by atoms with E-state index in [1.807, 2.05) is 24.1 Å². The third kappa shape index (κ3) is 3.51. The average Bonchev–Trinajstić information content (AvgIpc) is 2.78. The van der Waals surface area contributed by atoms with E-state index in [0.717, 1.165) is 26.1 Å². The molecule has 2 heterocycles. The molecule has 1 aromatic heterocycles. The van der Waals surface area contributed by atoms with Crippen LogP contribution in [-0.4, -0.2) is 58.6 Å². The van der Waals surface area contributed by atoms with Crippen molar-refractivity contribution in [2.45, 2.75) is 19.0 Å². The van der Waals surface area contributed by atoms with E-state index in [-0.39, 0.29) is 6.54 Å². The van der Waals surface area contributed by atoms with Crippen molar-refractivity contribution in [2.24, 2.45) is 0 Å². The number of carboxylic acid groups (broad SMARTS) is 1. The first-order valence-corrected chi connectivity index (χ1v) is 6.18. The summed E-state index contributed by atoms with van der Waals surface area (Å²) in [4.78, 5) is 19.0. The molecule has 1 atom stereocenters. The number of likely N-dealkylation sites (N-methyl/N-ethyl adjacent to an activating group) is 1. The Morgan fingerprint density at radius 3 is 2.94 bits per heavy atom. The number of likely N-dealkylation sites (tertiary alicyclic amines) is 1. The highest BCUT2D eigenvalue weighted by Gasteiger charge is 2.26. The number of hydrogen-bond donors (Lipinski definition) is 1. The van der Waals surface area contributed by atoms with Crippen LogP contribution in [0, 0.1) is 0 Å². The van der Waals surface area contributed by atoms with Crippen LogP contribution in [0.1, 0.15) is 12.0 Å². The molecule has 0 saturated carbocycles. The molecule has 1 saturated heterocycles. The van der Waals surface area contributed by atoms with E-state index in [1.165, 1.54) is 5.56 Å². The number of rotatable bonds is 5. The Balaban J connectivity index is 1.83. The molecule has 2 rings (SSSR count). The summed E-state index contributed by atoms with van der Waals surface area (Å²) < 4.78 is 0. The maximum atomic E-state index is 10.7. The van der Waals surface area contributed by atoms with Crippen molar-refractivity contribution in [1.29, 1.82) is 0 Å². The Bertz CT molecular complexity index is 396. The molecule has 1 aliphatic heterocycles. The molecule has 1 fully saturated rings. The van der Waals surface area contributed by atoms with Crippen LogP contribution in [0.2, 0.25) is 0 Å². The van der Waals surface area contributed by atoms with Crippen molar-refractivity contribution in [3.8, 4) is 0 Å². The minimum atomic E-state index is -0.759. The molecule has 1 N–H and O–H groups in total. The Morgan fingerprint density at radius 1 is 1.56 bits per heavy atom. The molecule has 1 unspecified atom stereocenters. The van der Waals surface area contributed by atoms with Gasteiger partial charge in [-0.15, -0.1) is 0 Å². The maximum absolute atomic E-state index is 10.7. The van der Waals surface area contributed by atoms with Gasteiger partial charge in [-0.1, -0.05) is 0 Å². The SMILES string of the molecule is CN(CC(=O)O)C1CCN(Cc2ccncc2)C1. The van der Waals surface area contributed by atoms with Gasteiger partial charge in [0.25, 0.3) is 0 Å². The first-order chi connectivity index (χ1) is 8.65. The van der Waals surface area contributed by atoms with Gasteiger partial charge in [0.2, 0.25) is 0 Å². The molecular weight excluding hydrogens is 230 g/mol. The van der Waals surface area contributed by atoms with Crippen LogP contribution >= 0.6 is 0 Å². The van der Waals surface area contributed by atoms with Crippen molar-refractivity contribution in [1.82, 2.24) is 14.8 Å². The molecule has 5 nitrogen and oxygen atoms in total. The number of aliphatic carboxylic acids is 1. The summed E-state index contributed by atoms with van der Waals surface area (Å²) in [5, 5.41) is 8.78. The molecule has 98 valence electrons. The van der Waals surface area contributed by atoms with E-state index in [9.17, 15) is 4.79 Å². The van der Waals surface area contributed by atoms with Crippen LogP contribution in [0.3, 0.4) is 0 Å². The summed E-state index contributed by atoms with van der Waals surface area (Å²) in [6, 6.07) is 4.39. The van der Waals surface area contributed by atoms with Gasteiger partial charge in [-0.2, -0.15) is 0 Å². The third-order valence-corrected chi connectivity index (χ3v) is 3.41. The normalized spacial score (nSPS) is 20.4. The Hall–Kier alpha value is -1.46. The van der Waals surface area contributed by atoms with Crippen molar-refractivity contribution >= 4 is 5.97 Å². The van der Waals surface area contributed by atoms with Crippen LogP contribution < -0.4 is 0 Å². The van der Waals surface area contributed by atoms with Gasteiger partial charge in [0.05, 0.1) is 6.54 Å². The second-order valence-corrected chi connectivity index (χ2v) is 4.84. The van der Waals surface area contributed by atoms with Gasteiger partial charge in [-0.05, 0) is 31.2 Å². The van der Waals surface area contributed by atoms with Gasteiger partial charge >= 0.3 is 5.97 Å². The third-order valence-electron chi connectivity index (χ3n) is 3.41. The molecule has 1 aliphatic rings. The van der Waals surface area contributed by atoms with Crippen LogP contribution in [0.4, 0.5) is 0 Å². The summed E-state index contributed by atoms with van der Waals surface area (Å²) >= 11 is 0. The molecule has 5 heteroatoms. The van der Waals surface area contributed by atoms with Gasteiger partial charge in [0, 0.05) is 38.1 Å². The summed E-state index contributed by atoms with van der Waals surface area (Å²) in [6.45, 7) is 3.00. The van der Waals surface area contributed by atoms with E-state index in [1.54, 1.807) is 12.4 Å². The van der Waals surface area contributed by atoms with Gasteiger partial charge < -0.3 is 5.11 Å². The minimum Gasteiger partial charge on any atom is -0.480 e. The van der Waals surface area contributed by atoms with Crippen molar-refractivity contribution in [2.75, 3.05) is 26.7 Å². The van der Waals surface area contributed by atoms with Gasteiger partial charge in [0.15, 0.2) is 0 Å². The zero-order valence-electron chi connectivity index (χ0n) is 10.6. The van der Waals surface area contributed by atoms with Crippen LogP contribution in [-0.2, 0) is 11.3 Å². The lowest BCUT2D eigenvalue weighted by Gasteiger charge is -2.22. The zero-order valence-corrected chi connectivity index (χ0v) is 10.6. The largest absolute Gasteiger partial charge is 0.480 e. The number of carbonyl (C=O) groups is 1. The summed E-state index contributed by atoms with van der Waals surface area (Å²) in [5.74, 6) is -0.759. The predicted molar refractivity (Wildman–Crippen MR) is 68.2 cm³/mol. The number of nitrogens with zero attached hydrogens (tertiary/aromatic N) is 3. The maximum Gasteiger partial charge on any atom is 0.317 e. The standard InChI is InChI=1S/C13H19N3O2/c1-15(10-13(17)18)12-4-7-16(9-12)8-11-2-5-14-6-3-11/h2-3,5-6,12H,4,7-10H2,1H3,(H,17,18). The van der Waals surface area contributed by atoms with Crippen LogP contribution in [0.5, 0.6) is 0 Å². The molecule has 0 aliphatic carbocycles. The van der Waals surface area contributed by atoms with E-state index in [0.29, 0.717) is 6.04 Å². The fourth-order valence-electron chi connectivity index (χ4n) is 2.40. The van der Waals surface area contributed by atoms with Gasteiger partial charge in [-0.25, -0.2) is 0 Å². The monoisotopic (exact) mass is 249 g/mol. The number of carboxylic acids is 1. The fourth-order valence-corrected chi connectivity index (χ4v) is 2.40. The van der Waals surface area contributed by atoms with E-state index in [4.69, 9.17) is 5.11 Å². The van der Waals surface area contributed by atoms with Gasteiger partial charge in [-0.3, -0.25) is 19.6 Å². The van der Waals surface area contributed by atoms with Crippen molar-refractivity contribution in [3.63, 3.8) is 0 Å². The lowest BCUT2D eigenvalue weighted by Crippen LogP contribution is -2.37. The predicted octanol–water partition coefficient (Wildman–Crippen LogP) is 0.672. The second kappa shape index (κ2) is 5.93. The molecule has 18 heavy (non-hydrogen) atoms. The molecule has 0 aromatic carbocycles. The summed E-state index contributed by atoms with van der Waals surface area (Å²) in [6.07, 6.45) is 4.65. The smallest absolute Gasteiger partial charge is 0.317 e. The lowest BCUT2D eigenvalue weighted by molar-refractivity contribution is -0.138. The average molecular weight is 249 g/mol. The highest BCUT2D eigenvalue weighted by atomic mass is 16.4. The molecule has 0 spiro atoms. The number of hydrogen-bond acceptors (Lipinski definition) is 4. The highest BCUT2D eigenvalue weighted by molar-refractivity contribution is 5.69. The first-order valence-electron chi connectivity index (χ1n) is 6.18. The summed E-state index contributed by atoms with van der Waals surface area (Å²) in [7, 11) is 1.88. The van der Waals surface area contributed by atoms with E-state index >= 15 is 0 Å². The molecule has 1 aromatic rings. The fraction of sp³-hybridized carbons (Fsp3) is 0.538. The topological polar surface area (TPSA) is 56.7 Å². The highest BCUT2D eigenvalue weighted by Crippen LogP contribution is 2.16.